The monoisotopic (exact) mass is 183 g/mol. The number of ether oxygens (including phenoxy) is 1. The van der Waals surface area contributed by atoms with Crippen molar-refractivity contribution < 1.29 is 9.53 Å². The molecule has 13 heavy (non-hydrogen) atoms. The molecule has 1 spiro atoms. The molecule has 1 saturated heterocycles. The van der Waals surface area contributed by atoms with E-state index in [4.69, 9.17) is 4.74 Å². The maximum atomic E-state index is 10.9. The van der Waals surface area contributed by atoms with Crippen molar-refractivity contribution in [3.63, 3.8) is 0 Å². The van der Waals surface area contributed by atoms with E-state index in [1.54, 1.807) is 0 Å². The second-order valence-electron chi connectivity index (χ2n) is 4.72. The molecular formula is C10H17NO2. The largest absolute Gasteiger partial charge is 0.372 e. The van der Waals surface area contributed by atoms with Crippen LogP contribution < -0.4 is 0 Å². The van der Waals surface area contributed by atoms with E-state index in [-0.39, 0.29) is 11.1 Å². The zero-order chi connectivity index (χ0) is 9.53. The molecule has 0 bridgehead atoms. The van der Waals surface area contributed by atoms with Gasteiger partial charge in [-0.2, -0.15) is 0 Å². The summed E-state index contributed by atoms with van der Waals surface area (Å²) in [5.74, 6) is 0. The molecule has 2 aliphatic rings. The van der Waals surface area contributed by atoms with E-state index in [9.17, 15) is 4.79 Å². The first-order valence-electron chi connectivity index (χ1n) is 4.93. The van der Waals surface area contributed by atoms with Crippen LogP contribution >= 0.6 is 0 Å². The van der Waals surface area contributed by atoms with Gasteiger partial charge in [-0.05, 0) is 26.7 Å². The van der Waals surface area contributed by atoms with Crippen molar-refractivity contribution >= 4 is 6.29 Å². The van der Waals surface area contributed by atoms with Gasteiger partial charge < -0.3 is 9.53 Å². The zero-order valence-electron chi connectivity index (χ0n) is 8.38. The van der Waals surface area contributed by atoms with Crippen LogP contribution in [-0.4, -0.2) is 42.0 Å². The Kier molecular flexibility index (Phi) is 1.96. The molecule has 1 saturated carbocycles. The van der Waals surface area contributed by atoms with Gasteiger partial charge in [0.25, 0.3) is 0 Å². The van der Waals surface area contributed by atoms with Crippen molar-refractivity contribution in [1.82, 2.24) is 4.90 Å². The first-order chi connectivity index (χ1) is 6.08. The van der Waals surface area contributed by atoms with Crippen molar-refractivity contribution in [2.45, 2.75) is 37.8 Å². The lowest BCUT2D eigenvalue weighted by atomic mass is 10.0. The van der Waals surface area contributed by atoms with Gasteiger partial charge in [-0.25, -0.2) is 0 Å². The van der Waals surface area contributed by atoms with Crippen LogP contribution in [0, 0.1) is 0 Å². The van der Waals surface area contributed by atoms with Gasteiger partial charge in [0.1, 0.15) is 6.29 Å². The van der Waals surface area contributed by atoms with E-state index in [1.165, 1.54) is 12.8 Å². The molecule has 0 unspecified atom stereocenters. The van der Waals surface area contributed by atoms with Crippen LogP contribution in [0.2, 0.25) is 0 Å². The molecule has 1 heterocycles. The smallest absolute Gasteiger partial charge is 0.139 e. The summed E-state index contributed by atoms with van der Waals surface area (Å²) in [5.41, 5.74) is -0.197. The normalized spacial score (nSPS) is 27.5. The van der Waals surface area contributed by atoms with Crippen molar-refractivity contribution in [2.24, 2.45) is 0 Å². The quantitative estimate of drug-likeness (QED) is 0.594. The van der Waals surface area contributed by atoms with Crippen LogP contribution in [0.4, 0.5) is 0 Å². The first-order valence-corrected chi connectivity index (χ1v) is 4.93. The van der Waals surface area contributed by atoms with Gasteiger partial charge in [-0.15, -0.1) is 0 Å². The fraction of sp³-hybridized carbons (Fsp3) is 0.900. The maximum Gasteiger partial charge on any atom is 0.139 e. The molecule has 0 amide bonds. The Hall–Kier alpha value is -0.410. The number of carbonyl (C=O) groups is 1. The van der Waals surface area contributed by atoms with Crippen LogP contribution in [0.25, 0.3) is 0 Å². The third-order valence-electron chi connectivity index (χ3n) is 3.16. The second-order valence-corrected chi connectivity index (χ2v) is 4.72. The number of hydrogen-bond donors (Lipinski definition) is 0. The summed E-state index contributed by atoms with van der Waals surface area (Å²) in [5, 5.41) is 0. The molecule has 0 radical (unpaired) electrons. The van der Waals surface area contributed by atoms with E-state index < -0.39 is 0 Å². The molecule has 1 aliphatic heterocycles. The Bertz CT molecular complexity index is 221. The summed E-state index contributed by atoms with van der Waals surface area (Å²) in [7, 11) is 0. The van der Waals surface area contributed by atoms with Gasteiger partial charge in [0.15, 0.2) is 0 Å². The second kappa shape index (κ2) is 2.79. The molecule has 3 nitrogen and oxygen atoms in total. The lowest BCUT2D eigenvalue weighted by Gasteiger charge is -2.40. The Labute approximate surface area is 79.0 Å². The van der Waals surface area contributed by atoms with Gasteiger partial charge in [0.05, 0.1) is 17.7 Å². The average molecular weight is 183 g/mol. The van der Waals surface area contributed by atoms with Crippen molar-refractivity contribution in [3.8, 4) is 0 Å². The summed E-state index contributed by atoms with van der Waals surface area (Å²) >= 11 is 0. The highest BCUT2D eigenvalue weighted by Crippen LogP contribution is 2.43. The van der Waals surface area contributed by atoms with E-state index >= 15 is 0 Å². The van der Waals surface area contributed by atoms with Gasteiger partial charge in [-0.1, -0.05) is 0 Å². The average Bonchev–Trinajstić information content (AvgIpc) is 2.85. The fourth-order valence-electron chi connectivity index (χ4n) is 1.85. The van der Waals surface area contributed by atoms with Gasteiger partial charge >= 0.3 is 0 Å². The highest BCUT2D eigenvalue weighted by atomic mass is 16.5. The minimum atomic E-state index is -0.320. The van der Waals surface area contributed by atoms with Crippen LogP contribution in [0.1, 0.15) is 26.7 Å². The first kappa shape index (κ1) is 9.16. The van der Waals surface area contributed by atoms with Crippen molar-refractivity contribution in [1.29, 1.82) is 0 Å². The highest BCUT2D eigenvalue weighted by Gasteiger charge is 2.49. The summed E-state index contributed by atoms with van der Waals surface area (Å²) < 4.78 is 5.69. The standard InChI is InChI=1S/C10H17NO2/c1-9(2,8-12)11-5-6-13-10(7-11)3-4-10/h8H,3-7H2,1-2H3. The summed E-state index contributed by atoms with van der Waals surface area (Å²) in [6.07, 6.45) is 3.37. The topological polar surface area (TPSA) is 29.5 Å². The number of morpholine rings is 1. The third kappa shape index (κ3) is 1.63. The minimum Gasteiger partial charge on any atom is -0.372 e. The minimum absolute atomic E-state index is 0.124. The molecule has 0 aromatic carbocycles. The summed E-state index contributed by atoms with van der Waals surface area (Å²) in [4.78, 5) is 13.1. The Morgan fingerprint density at radius 3 is 2.69 bits per heavy atom. The third-order valence-corrected chi connectivity index (χ3v) is 3.16. The number of rotatable bonds is 2. The Morgan fingerprint density at radius 2 is 2.15 bits per heavy atom. The van der Waals surface area contributed by atoms with Crippen LogP contribution in [0.3, 0.4) is 0 Å². The van der Waals surface area contributed by atoms with Crippen molar-refractivity contribution in [3.05, 3.63) is 0 Å². The van der Waals surface area contributed by atoms with E-state index in [0.717, 1.165) is 26.0 Å². The molecule has 74 valence electrons. The maximum absolute atomic E-state index is 10.9. The fourth-order valence-corrected chi connectivity index (χ4v) is 1.85. The number of carbonyl (C=O) groups excluding carboxylic acids is 1. The predicted molar refractivity (Wildman–Crippen MR) is 49.6 cm³/mol. The molecular weight excluding hydrogens is 166 g/mol. The van der Waals surface area contributed by atoms with Gasteiger partial charge in [-0.3, -0.25) is 4.90 Å². The molecule has 2 rings (SSSR count). The van der Waals surface area contributed by atoms with Gasteiger partial charge in [0, 0.05) is 13.1 Å². The van der Waals surface area contributed by atoms with Crippen LogP contribution in [0.15, 0.2) is 0 Å². The van der Waals surface area contributed by atoms with E-state index in [1.807, 2.05) is 13.8 Å². The molecule has 0 N–H and O–H groups in total. The molecule has 0 aromatic heterocycles. The Balaban J connectivity index is 2.03. The highest BCUT2D eigenvalue weighted by molar-refractivity contribution is 5.62. The van der Waals surface area contributed by atoms with Crippen LogP contribution in [0.5, 0.6) is 0 Å². The summed E-state index contributed by atoms with van der Waals surface area (Å²) in [6.45, 7) is 6.53. The number of aldehydes is 1. The van der Waals surface area contributed by atoms with Crippen LogP contribution in [-0.2, 0) is 9.53 Å². The van der Waals surface area contributed by atoms with E-state index in [0.29, 0.717) is 0 Å². The summed E-state index contributed by atoms with van der Waals surface area (Å²) in [6, 6.07) is 0. The molecule has 0 aromatic rings. The number of nitrogens with zero attached hydrogens (tertiary/aromatic N) is 1. The predicted octanol–water partition coefficient (Wildman–Crippen LogP) is 0.829. The number of hydrogen-bond acceptors (Lipinski definition) is 3. The SMILES string of the molecule is CC(C)(C=O)N1CCOC2(CC2)C1. The van der Waals surface area contributed by atoms with Crippen molar-refractivity contribution in [2.75, 3.05) is 19.7 Å². The van der Waals surface area contributed by atoms with E-state index in [2.05, 4.69) is 4.90 Å². The lowest BCUT2D eigenvalue weighted by molar-refractivity contribution is -0.124. The van der Waals surface area contributed by atoms with Gasteiger partial charge in [0.2, 0.25) is 0 Å². The zero-order valence-corrected chi connectivity index (χ0v) is 8.38. The molecule has 0 atom stereocenters. The molecule has 1 aliphatic carbocycles. The Morgan fingerprint density at radius 1 is 1.46 bits per heavy atom. The molecule has 3 heteroatoms. The molecule has 2 fully saturated rings. The lowest BCUT2D eigenvalue weighted by Crippen LogP contribution is -2.54.